The van der Waals surface area contributed by atoms with Gasteiger partial charge in [-0.15, -0.1) is 0 Å². The molecule has 0 unspecified atom stereocenters. The lowest BCUT2D eigenvalue weighted by atomic mass is 9.87. The van der Waals surface area contributed by atoms with Crippen LogP contribution in [-0.4, -0.2) is 217 Å². The summed E-state index contributed by atoms with van der Waals surface area (Å²) in [5.41, 5.74) is 11.6. The molecule has 0 radical (unpaired) electrons. The molecule has 8 aromatic rings. The number of carbonyl (C=O) groups is 8. The Kier molecular flexibility index (Phi) is 29.7. The number of amides is 7. The minimum Gasteiger partial charge on any atom is -0.478 e. The fourth-order valence-electron chi connectivity index (χ4n) is 16.0. The van der Waals surface area contributed by atoms with E-state index in [2.05, 4.69) is 81.5 Å². The number of likely N-dealkylation sites (N-methyl/N-ethyl adjacent to an activating group) is 2. The van der Waals surface area contributed by atoms with E-state index in [1.807, 2.05) is 103 Å². The first-order valence-corrected chi connectivity index (χ1v) is 42.1. The molecule has 6 heterocycles. The van der Waals surface area contributed by atoms with Crippen LogP contribution >= 0.6 is 0 Å². The molecule has 25 nitrogen and oxygen atoms in total. The average molecular weight is 1620 g/mol. The largest absolute Gasteiger partial charge is 0.478 e. The summed E-state index contributed by atoms with van der Waals surface area (Å²) in [6, 6.07) is 48.0. The third kappa shape index (κ3) is 24.1. The Morgan fingerprint density at radius 1 is 0.445 bits per heavy atom. The molecule has 6 N–H and O–H groups in total. The van der Waals surface area contributed by atoms with Crippen molar-refractivity contribution >= 4 is 70.4 Å². The maximum atomic E-state index is 13.9. The normalized spacial score (nSPS) is 16.9. The van der Waals surface area contributed by atoms with Crippen molar-refractivity contribution < 1.29 is 52.9 Å². The Balaban J connectivity index is 0.000000188. The zero-order valence-electron chi connectivity index (χ0n) is 70.2. The van der Waals surface area contributed by atoms with Crippen molar-refractivity contribution in [2.24, 2.45) is 0 Å². The van der Waals surface area contributed by atoms with Crippen LogP contribution < -0.4 is 36.4 Å². The molecular formula is C94H116N14O11. The molecule has 4 fully saturated rings. The summed E-state index contributed by atoms with van der Waals surface area (Å²) in [5, 5.41) is 25.1. The smallest absolute Gasteiger partial charge is 0.410 e. The van der Waals surface area contributed by atoms with E-state index in [-0.39, 0.29) is 59.0 Å². The predicted octanol–water partition coefficient (Wildman–Crippen LogP) is 14.7. The van der Waals surface area contributed by atoms with Crippen LogP contribution in [0.25, 0.3) is 22.5 Å². The van der Waals surface area contributed by atoms with Gasteiger partial charge in [-0.25, -0.2) is 14.4 Å². The van der Waals surface area contributed by atoms with Crippen molar-refractivity contribution in [3.05, 3.63) is 226 Å². The molecule has 2 aliphatic carbocycles. The topological polar surface area (TPSA) is 284 Å². The average Bonchev–Trinajstić information content (AvgIpc) is 0.799. The van der Waals surface area contributed by atoms with Crippen molar-refractivity contribution in [1.29, 1.82) is 0 Å². The molecule has 7 amide bonds. The highest BCUT2D eigenvalue weighted by molar-refractivity contribution is 6.09. The third-order valence-corrected chi connectivity index (χ3v) is 22.5. The number of anilines is 4. The number of rotatable bonds is 20. The molecule has 2 aromatic heterocycles. The number of hydrogen-bond acceptors (Lipinski definition) is 17. The lowest BCUT2D eigenvalue weighted by molar-refractivity contribution is 0.0133. The van der Waals surface area contributed by atoms with Gasteiger partial charge in [-0.2, -0.15) is 0 Å². The quantitative estimate of drug-likeness (QED) is 0.0413. The first-order chi connectivity index (χ1) is 57.3. The van der Waals surface area contributed by atoms with E-state index >= 15 is 0 Å². The van der Waals surface area contributed by atoms with Gasteiger partial charge >= 0.3 is 18.2 Å². The number of aromatic nitrogens is 2. The van der Waals surface area contributed by atoms with Crippen LogP contribution in [0.4, 0.5) is 32.3 Å². The Morgan fingerprint density at radius 3 is 1.29 bits per heavy atom. The number of hydrogen-bond donors (Lipinski definition) is 6. The number of aryl methyl sites for hydroxylation is 2. The second-order valence-corrected chi connectivity index (χ2v) is 33.5. The number of pyridine rings is 2. The van der Waals surface area contributed by atoms with Gasteiger partial charge in [0, 0.05) is 174 Å². The molecule has 6 aliphatic rings. The summed E-state index contributed by atoms with van der Waals surface area (Å²) in [5.74, 6) is -2.41. The van der Waals surface area contributed by atoms with E-state index in [1.54, 1.807) is 94.8 Å². The minimum absolute atomic E-state index is 0.0364. The SMILES string of the molecule is CN(CCN1CCN(C(=O)OC(C)(C)C)CC1)C(=O)c1cccc(C(=O)Nc2ccc(N3CCCCC3)cc2-c2cc(C(=O)N[C@H]3CCCc4ccccc43)ccn2)c1.CNCCN1CCN(C(=O)OC(C)(C)C)CC1.O=C(O)c1cccc(C(=O)Nc2ccc(N3CCCCC3)cc2-c2cc(C(=O)N[C@H]3CCCc4ccccc43)ccn2)c1. The zero-order chi connectivity index (χ0) is 84.2. The summed E-state index contributed by atoms with van der Waals surface area (Å²) < 4.78 is 10.9. The number of piperidine rings is 2. The Bertz CT molecular complexity index is 4880. The van der Waals surface area contributed by atoms with Gasteiger partial charge in [-0.05, 0) is 245 Å². The third-order valence-electron chi connectivity index (χ3n) is 22.5. The van der Waals surface area contributed by atoms with E-state index in [4.69, 9.17) is 14.5 Å². The second kappa shape index (κ2) is 40.7. The highest BCUT2D eigenvalue weighted by atomic mass is 16.6. The van der Waals surface area contributed by atoms with Crippen molar-refractivity contribution in [3.8, 4) is 22.5 Å². The lowest BCUT2D eigenvalue weighted by Gasteiger charge is -2.36. The summed E-state index contributed by atoms with van der Waals surface area (Å²) in [6.07, 6.45) is 15.5. The van der Waals surface area contributed by atoms with Crippen molar-refractivity contribution in [3.63, 3.8) is 0 Å². The van der Waals surface area contributed by atoms with Gasteiger partial charge in [0.15, 0.2) is 0 Å². The first kappa shape index (κ1) is 86.8. The zero-order valence-corrected chi connectivity index (χ0v) is 70.2. The summed E-state index contributed by atoms with van der Waals surface area (Å²) in [6.45, 7) is 24.2. The Hall–Kier alpha value is -11.5. The monoisotopic (exact) mass is 1620 g/mol. The Morgan fingerprint density at radius 2 is 0.857 bits per heavy atom. The van der Waals surface area contributed by atoms with Gasteiger partial charge in [0.25, 0.3) is 29.5 Å². The molecular weight excluding hydrogens is 1500 g/mol. The number of nitrogens with zero attached hydrogens (tertiary/aromatic N) is 9. The van der Waals surface area contributed by atoms with Crippen molar-refractivity contribution in [1.82, 2.24) is 50.4 Å². The van der Waals surface area contributed by atoms with Crippen LogP contribution in [0, 0.1) is 0 Å². The number of benzene rings is 6. The Labute approximate surface area is 699 Å². The van der Waals surface area contributed by atoms with Crippen molar-refractivity contribution in [2.75, 3.05) is 139 Å². The van der Waals surface area contributed by atoms with Crippen LogP contribution in [0.3, 0.4) is 0 Å². The van der Waals surface area contributed by atoms with Crippen LogP contribution in [0.1, 0.15) is 202 Å². The molecule has 6 aromatic carbocycles. The lowest BCUT2D eigenvalue weighted by Crippen LogP contribution is -2.51. The van der Waals surface area contributed by atoms with Gasteiger partial charge in [0.1, 0.15) is 11.2 Å². The van der Waals surface area contributed by atoms with Gasteiger partial charge in [0.05, 0.1) is 40.4 Å². The van der Waals surface area contributed by atoms with E-state index in [9.17, 15) is 43.5 Å². The molecule has 0 saturated carbocycles. The number of aromatic carboxylic acids is 1. The molecule has 14 rings (SSSR count). The maximum absolute atomic E-state index is 13.9. The van der Waals surface area contributed by atoms with E-state index in [1.165, 1.54) is 47.2 Å². The number of carboxylic acid groups (broad SMARTS) is 1. The number of carbonyl (C=O) groups excluding carboxylic acids is 7. The van der Waals surface area contributed by atoms with Crippen molar-refractivity contribution in [2.45, 2.75) is 142 Å². The number of fused-ring (bicyclic) bond motifs is 2. The second-order valence-electron chi connectivity index (χ2n) is 33.5. The molecule has 0 spiro atoms. The summed E-state index contributed by atoms with van der Waals surface area (Å²) >= 11 is 0. The molecule has 4 aliphatic heterocycles. The van der Waals surface area contributed by atoms with Gasteiger partial charge in [0.2, 0.25) is 0 Å². The molecule has 628 valence electrons. The fraction of sp³-hybridized carbons (Fsp3) is 0.426. The van der Waals surface area contributed by atoms with Crippen LogP contribution in [0.2, 0.25) is 0 Å². The summed E-state index contributed by atoms with van der Waals surface area (Å²) in [4.78, 5) is 128. The number of nitrogens with one attached hydrogen (secondary N) is 5. The van der Waals surface area contributed by atoms with E-state index in [0.717, 1.165) is 141 Å². The maximum Gasteiger partial charge on any atom is 0.410 e. The van der Waals surface area contributed by atoms with E-state index < -0.39 is 23.1 Å². The van der Waals surface area contributed by atoms with Crippen LogP contribution in [0.5, 0.6) is 0 Å². The van der Waals surface area contributed by atoms with Gasteiger partial charge < -0.3 is 65.7 Å². The number of carboxylic acids is 1. The number of ether oxygens (including phenoxy) is 2. The minimum atomic E-state index is -1.10. The molecule has 4 saturated heterocycles. The van der Waals surface area contributed by atoms with Crippen LogP contribution in [0.15, 0.2) is 170 Å². The first-order valence-electron chi connectivity index (χ1n) is 42.1. The molecule has 119 heavy (non-hydrogen) atoms. The van der Waals surface area contributed by atoms with Crippen LogP contribution in [-0.2, 0) is 22.3 Å². The van der Waals surface area contributed by atoms with E-state index in [0.29, 0.717) is 95.4 Å². The standard InChI is InChI=1S/C47H57N7O5.C35H34N4O4.C12H25N3O2/c1-47(2,3)59-46(58)54-28-26-52(27-29-54)25-24-51(4)45(57)36-15-10-14-34(30-36)43(55)50-41-19-18-37(53-22-8-5-9-23-53)32-39(41)42-31-35(20-21-48-42)44(56)49-40-17-11-13-33-12-6-7-16-38(33)40;40-33(24-10-6-11-26(20-24)35(42)43)38-31-15-14-27(39-18-4-1-5-19-39)22-29(31)32-21-25(16-17-36-32)34(41)37-30-13-7-9-23-8-2-3-12-28(23)30;1-12(2,3)17-11(16)15-9-7-14(8-10-15)6-5-13-4/h6-7,10,12,14-16,18-21,30-32,40H,5,8-9,11,13,17,22-29H2,1-4H3,(H,49,56)(H,50,55);2-3,6,8,10-12,14-17,20-22,30H,1,4-5,7,9,13,18-19H2,(H,37,41)(H,38,40)(H,42,43);13H,5-10H2,1-4H3/t40-;30-;/m00./s1. The van der Waals surface area contributed by atoms with Gasteiger partial charge in [-0.1, -0.05) is 60.7 Å². The molecule has 0 bridgehead atoms. The molecule has 25 heteroatoms. The van der Waals surface area contributed by atoms with Gasteiger partial charge in [-0.3, -0.25) is 43.7 Å². The predicted molar refractivity (Wildman–Crippen MR) is 466 cm³/mol. The number of piperazine rings is 2. The highest BCUT2D eigenvalue weighted by Crippen LogP contribution is 2.38. The summed E-state index contributed by atoms with van der Waals surface area (Å²) in [7, 11) is 3.72. The fourth-order valence-corrected chi connectivity index (χ4v) is 16.0. The highest BCUT2D eigenvalue weighted by Gasteiger charge is 2.31. The molecule has 2 atom stereocenters.